The number of halogens is 1. The molecule has 3 nitrogen and oxygen atoms in total. The molecule has 0 heterocycles. The number of ether oxygens (including phenoxy) is 2. The summed E-state index contributed by atoms with van der Waals surface area (Å²) in [6.07, 6.45) is 1.83. The van der Waals surface area contributed by atoms with Crippen molar-refractivity contribution in [1.82, 2.24) is 0 Å². The summed E-state index contributed by atoms with van der Waals surface area (Å²) in [5.41, 5.74) is 2.97. The van der Waals surface area contributed by atoms with E-state index >= 15 is 0 Å². The smallest absolute Gasteiger partial charge is 0.161 e. The van der Waals surface area contributed by atoms with Gasteiger partial charge in [0.2, 0.25) is 0 Å². The predicted octanol–water partition coefficient (Wildman–Crippen LogP) is 4.53. The first-order valence-electron chi connectivity index (χ1n) is 6.17. The number of aliphatic imine (C=N–C) groups is 1. The van der Waals surface area contributed by atoms with Crippen molar-refractivity contribution in [3.63, 3.8) is 0 Å². The van der Waals surface area contributed by atoms with E-state index < -0.39 is 0 Å². The van der Waals surface area contributed by atoms with Crippen LogP contribution in [-0.4, -0.2) is 20.4 Å². The number of aryl methyl sites for hydroxylation is 1. The molecule has 2 rings (SSSR count). The Kier molecular flexibility index (Phi) is 4.79. The molecule has 0 saturated heterocycles. The Morgan fingerprint density at radius 2 is 1.70 bits per heavy atom. The second-order valence-electron chi connectivity index (χ2n) is 4.27. The second kappa shape index (κ2) is 6.57. The minimum absolute atomic E-state index is 0.701. The molecule has 20 heavy (non-hydrogen) atoms. The number of methoxy groups -OCH3 is 2. The van der Waals surface area contributed by atoms with Crippen LogP contribution in [0.15, 0.2) is 45.9 Å². The molecular formula is C16H16BrNO2. The molecule has 0 aliphatic carbocycles. The first-order valence-corrected chi connectivity index (χ1v) is 6.96. The SMILES string of the molecule is COc1cc(C)c(C=Nc2ccccc2Br)cc1OC. The zero-order chi connectivity index (χ0) is 14.5. The van der Waals surface area contributed by atoms with Crippen LogP contribution >= 0.6 is 15.9 Å². The van der Waals surface area contributed by atoms with E-state index in [1.165, 1.54) is 0 Å². The fourth-order valence-electron chi connectivity index (χ4n) is 1.83. The molecule has 0 saturated carbocycles. The van der Waals surface area contributed by atoms with Crippen LogP contribution in [0.5, 0.6) is 11.5 Å². The minimum atomic E-state index is 0.701. The molecule has 0 spiro atoms. The lowest BCUT2D eigenvalue weighted by molar-refractivity contribution is 0.354. The largest absolute Gasteiger partial charge is 0.493 e. The molecule has 0 aromatic heterocycles. The lowest BCUT2D eigenvalue weighted by atomic mass is 10.1. The van der Waals surface area contributed by atoms with Crippen LogP contribution in [-0.2, 0) is 0 Å². The maximum atomic E-state index is 5.31. The van der Waals surface area contributed by atoms with Crippen molar-refractivity contribution in [2.45, 2.75) is 6.92 Å². The van der Waals surface area contributed by atoms with Gasteiger partial charge in [-0.1, -0.05) is 12.1 Å². The molecule has 2 aromatic carbocycles. The second-order valence-corrected chi connectivity index (χ2v) is 5.13. The fraction of sp³-hybridized carbons (Fsp3) is 0.188. The topological polar surface area (TPSA) is 30.8 Å². The zero-order valence-corrected chi connectivity index (χ0v) is 13.3. The van der Waals surface area contributed by atoms with Crippen molar-refractivity contribution >= 4 is 27.8 Å². The van der Waals surface area contributed by atoms with Gasteiger partial charge in [-0.25, -0.2) is 0 Å². The van der Waals surface area contributed by atoms with E-state index in [1.54, 1.807) is 14.2 Å². The Bertz CT molecular complexity index is 638. The summed E-state index contributed by atoms with van der Waals surface area (Å²) < 4.78 is 11.6. The first kappa shape index (κ1) is 14.6. The van der Waals surface area contributed by atoms with Crippen LogP contribution < -0.4 is 9.47 Å². The van der Waals surface area contributed by atoms with E-state index in [0.717, 1.165) is 27.0 Å². The number of hydrogen-bond acceptors (Lipinski definition) is 3. The molecule has 0 aliphatic heterocycles. The molecule has 0 N–H and O–H groups in total. The number of rotatable bonds is 4. The molecule has 0 aliphatic rings. The Hall–Kier alpha value is -1.81. The Labute approximate surface area is 127 Å². The molecule has 0 atom stereocenters. The number of hydrogen-bond donors (Lipinski definition) is 0. The van der Waals surface area contributed by atoms with E-state index in [1.807, 2.05) is 49.5 Å². The first-order chi connectivity index (χ1) is 9.65. The molecule has 0 fully saturated rings. The summed E-state index contributed by atoms with van der Waals surface area (Å²) in [4.78, 5) is 4.50. The molecule has 4 heteroatoms. The summed E-state index contributed by atoms with van der Waals surface area (Å²) in [5, 5.41) is 0. The van der Waals surface area contributed by atoms with Crippen LogP contribution in [0.4, 0.5) is 5.69 Å². The van der Waals surface area contributed by atoms with Gasteiger partial charge in [-0.15, -0.1) is 0 Å². The molecule has 0 unspecified atom stereocenters. The van der Waals surface area contributed by atoms with Gasteiger partial charge in [0.1, 0.15) is 0 Å². The maximum absolute atomic E-state index is 5.31. The number of nitrogens with zero attached hydrogens (tertiary/aromatic N) is 1. The van der Waals surface area contributed by atoms with Crippen LogP contribution in [0.3, 0.4) is 0 Å². The molecule has 104 valence electrons. The van der Waals surface area contributed by atoms with Gasteiger partial charge < -0.3 is 9.47 Å². The van der Waals surface area contributed by atoms with E-state index in [9.17, 15) is 0 Å². The van der Waals surface area contributed by atoms with Crippen LogP contribution in [0.25, 0.3) is 0 Å². The van der Waals surface area contributed by atoms with Crippen molar-refractivity contribution in [3.05, 3.63) is 52.0 Å². The van der Waals surface area contributed by atoms with Crippen LogP contribution in [0, 0.1) is 6.92 Å². The summed E-state index contributed by atoms with van der Waals surface area (Å²) in [6, 6.07) is 11.7. The maximum Gasteiger partial charge on any atom is 0.161 e. The lowest BCUT2D eigenvalue weighted by Gasteiger charge is -2.10. The van der Waals surface area contributed by atoms with Gasteiger partial charge >= 0.3 is 0 Å². The van der Waals surface area contributed by atoms with Crippen molar-refractivity contribution in [1.29, 1.82) is 0 Å². The van der Waals surface area contributed by atoms with Gasteiger partial charge in [0.05, 0.1) is 19.9 Å². The molecule has 0 amide bonds. The number of benzene rings is 2. The highest BCUT2D eigenvalue weighted by molar-refractivity contribution is 9.10. The van der Waals surface area contributed by atoms with E-state index in [0.29, 0.717) is 5.75 Å². The highest BCUT2D eigenvalue weighted by Crippen LogP contribution is 2.30. The fourth-order valence-corrected chi connectivity index (χ4v) is 2.22. The average Bonchev–Trinajstić information content (AvgIpc) is 2.47. The summed E-state index contributed by atoms with van der Waals surface area (Å²) in [7, 11) is 3.26. The monoisotopic (exact) mass is 333 g/mol. The normalized spacial score (nSPS) is 10.8. The summed E-state index contributed by atoms with van der Waals surface area (Å²) >= 11 is 3.48. The van der Waals surface area contributed by atoms with Gasteiger partial charge in [0.25, 0.3) is 0 Å². The van der Waals surface area contributed by atoms with E-state index in [4.69, 9.17) is 9.47 Å². The van der Waals surface area contributed by atoms with Crippen molar-refractivity contribution in [2.75, 3.05) is 14.2 Å². The predicted molar refractivity (Wildman–Crippen MR) is 85.7 cm³/mol. The third kappa shape index (κ3) is 3.20. The van der Waals surface area contributed by atoms with Gasteiger partial charge in [0.15, 0.2) is 11.5 Å². The van der Waals surface area contributed by atoms with E-state index in [-0.39, 0.29) is 0 Å². The third-order valence-electron chi connectivity index (χ3n) is 2.97. The third-order valence-corrected chi connectivity index (χ3v) is 3.64. The molecule has 0 radical (unpaired) electrons. The number of para-hydroxylation sites is 1. The Morgan fingerprint density at radius 1 is 1.05 bits per heavy atom. The average molecular weight is 334 g/mol. The lowest BCUT2D eigenvalue weighted by Crippen LogP contribution is -1.95. The highest BCUT2D eigenvalue weighted by atomic mass is 79.9. The van der Waals surface area contributed by atoms with Gasteiger partial charge in [-0.3, -0.25) is 4.99 Å². The molecule has 0 bridgehead atoms. The van der Waals surface area contributed by atoms with Gasteiger partial charge in [-0.05, 0) is 58.2 Å². The summed E-state index contributed by atoms with van der Waals surface area (Å²) in [5.74, 6) is 1.43. The Morgan fingerprint density at radius 3 is 2.35 bits per heavy atom. The molecular weight excluding hydrogens is 318 g/mol. The minimum Gasteiger partial charge on any atom is -0.493 e. The van der Waals surface area contributed by atoms with Crippen molar-refractivity contribution in [3.8, 4) is 11.5 Å². The van der Waals surface area contributed by atoms with Gasteiger partial charge in [0, 0.05) is 10.7 Å². The zero-order valence-electron chi connectivity index (χ0n) is 11.7. The quantitative estimate of drug-likeness (QED) is 0.770. The van der Waals surface area contributed by atoms with E-state index in [2.05, 4.69) is 20.9 Å². The Balaban J connectivity index is 2.36. The van der Waals surface area contributed by atoms with Crippen LogP contribution in [0.1, 0.15) is 11.1 Å². The van der Waals surface area contributed by atoms with Crippen LogP contribution in [0.2, 0.25) is 0 Å². The van der Waals surface area contributed by atoms with Crippen molar-refractivity contribution in [2.24, 2.45) is 4.99 Å². The van der Waals surface area contributed by atoms with Gasteiger partial charge in [-0.2, -0.15) is 0 Å². The molecule has 2 aromatic rings. The summed E-state index contributed by atoms with van der Waals surface area (Å²) in [6.45, 7) is 2.02. The highest BCUT2D eigenvalue weighted by Gasteiger charge is 2.07. The standard InChI is InChI=1S/C16H16BrNO2/c1-11-8-15(19-2)16(20-3)9-12(11)10-18-14-7-5-4-6-13(14)17/h4-10H,1-3H3. The van der Waals surface area contributed by atoms with Crippen molar-refractivity contribution < 1.29 is 9.47 Å².